The van der Waals surface area contributed by atoms with Crippen molar-refractivity contribution in [2.24, 2.45) is 0 Å². The fraction of sp³-hybridized carbons (Fsp3) is 0.278. The standard InChI is InChI=1S/C18H20N2O/c1-12-6-7-14-8-9-18(17(14)10-12)20-16-5-3-4-15(11-16)19-13(2)21/h3-7,10-11,18,20H,8-9H2,1-2H3,(H,19,21). The lowest BCUT2D eigenvalue weighted by atomic mass is 10.0. The topological polar surface area (TPSA) is 41.1 Å². The number of carbonyl (C=O) groups is 1. The molecule has 1 amide bonds. The maximum absolute atomic E-state index is 11.1. The van der Waals surface area contributed by atoms with Crippen LogP contribution in [0, 0.1) is 6.92 Å². The third-order valence-corrected chi connectivity index (χ3v) is 3.90. The van der Waals surface area contributed by atoms with Crippen LogP contribution in [0.15, 0.2) is 42.5 Å². The lowest BCUT2D eigenvalue weighted by Crippen LogP contribution is -2.09. The van der Waals surface area contributed by atoms with E-state index in [0.29, 0.717) is 6.04 Å². The Hall–Kier alpha value is -2.29. The Morgan fingerprint density at radius 2 is 1.95 bits per heavy atom. The molecule has 21 heavy (non-hydrogen) atoms. The molecule has 2 aromatic carbocycles. The molecular formula is C18H20N2O. The highest BCUT2D eigenvalue weighted by Gasteiger charge is 2.22. The van der Waals surface area contributed by atoms with Crippen LogP contribution in [0.4, 0.5) is 11.4 Å². The van der Waals surface area contributed by atoms with E-state index in [4.69, 9.17) is 0 Å². The molecule has 1 aliphatic rings. The summed E-state index contributed by atoms with van der Waals surface area (Å²) < 4.78 is 0. The van der Waals surface area contributed by atoms with Crippen LogP contribution in [0.1, 0.15) is 36.1 Å². The quantitative estimate of drug-likeness (QED) is 0.890. The van der Waals surface area contributed by atoms with Gasteiger partial charge in [0, 0.05) is 18.3 Å². The van der Waals surface area contributed by atoms with Gasteiger partial charge in [-0.3, -0.25) is 4.79 Å². The second-order valence-corrected chi connectivity index (χ2v) is 5.70. The first kappa shape index (κ1) is 13.7. The van der Waals surface area contributed by atoms with E-state index in [1.54, 1.807) is 0 Å². The predicted octanol–water partition coefficient (Wildman–Crippen LogP) is 4.05. The van der Waals surface area contributed by atoms with Gasteiger partial charge in [-0.1, -0.05) is 29.8 Å². The maximum Gasteiger partial charge on any atom is 0.221 e. The second-order valence-electron chi connectivity index (χ2n) is 5.70. The molecule has 2 aromatic rings. The Morgan fingerprint density at radius 3 is 2.76 bits per heavy atom. The van der Waals surface area contributed by atoms with E-state index in [1.165, 1.54) is 23.6 Å². The molecule has 0 saturated heterocycles. The van der Waals surface area contributed by atoms with E-state index in [0.717, 1.165) is 24.2 Å². The van der Waals surface area contributed by atoms with Crippen molar-refractivity contribution >= 4 is 17.3 Å². The largest absolute Gasteiger partial charge is 0.378 e. The van der Waals surface area contributed by atoms with Crippen LogP contribution >= 0.6 is 0 Å². The van der Waals surface area contributed by atoms with E-state index in [1.807, 2.05) is 24.3 Å². The number of hydrogen-bond donors (Lipinski definition) is 2. The summed E-state index contributed by atoms with van der Waals surface area (Å²) >= 11 is 0. The molecule has 1 aliphatic carbocycles. The molecule has 1 unspecified atom stereocenters. The van der Waals surface area contributed by atoms with Gasteiger partial charge in [-0.15, -0.1) is 0 Å². The number of anilines is 2. The smallest absolute Gasteiger partial charge is 0.221 e. The van der Waals surface area contributed by atoms with Gasteiger partial charge < -0.3 is 10.6 Å². The van der Waals surface area contributed by atoms with Crippen LogP contribution in [-0.4, -0.2) is 5.91 Å². The molecule has 3 rings (SSSR count). The van der Waals surface area contributed by atoms with Crippen molar-refractivity contribution in [3.63, 3.8) is 0 Å². The van der Waals surface area contributed by atoms with Gasteiger partial charge in [-0.25, -0.2) is 0 Å². The van der Waals surface area contributed by atoms with Crippen LogP contribution < -0.4 is 10.6 Å². The maximum atomic E-state index is 11.1. The summed E-state index contributed by atoms with van der Waals surface area (Å²) in [6.07, 6.45) is 2.24. The number of nitrogens with one attached hydrogen (secondary N) is 2. The van der Waals surface area contributed by atoms with Gasteiger partial charge in [0.2, 0.25) is 5.91 Å². The normalized spacial score (nSPS) is 16.4. The first-order valence-corrected chi connectivity index (χ1v) is 7.35. The van der Waals surface area contributed by atoms with Crippen LogP contribution in [0.25, 0.3) is 0 Å². The molecule has 0 spiro atoms. The number of carbonyl (C=O) groups excluding carboxylic acids is 1. The summed E-state index contributed by atoms with van der Waals surface area (Å²) in [4.78, 5) is 11.1. The number of fused-ring (bicyclic) bond motifs is 1. The molecule has 2 N–H and O–H groups in total. The number of aryl methyl sites for hydroxylation is 2. The lowest BCUT2D eigenvalue weighted by molar-refractivity contribution is -0.114. The third-order valence-electron chi connectivity index (χ3n) is 3.90. The summed E-state index contributed by atoms with van der Waals surface area (Å²) in [5, 5.41) is 6.41. The summed E-state index contributed by atoms with van der Waals surface area (Å²) in [7, 11) is 0. The van der Waals surface area contributed by atoms with E-state index < -0.39 is 0 Å². The van der Waals surface area contributed by atoms with Gasteiger partial charge >= 0.3 is 0 Å². The SMILES string of the molecule is CC(=O)Nc1cccc(NC2CCc3ccc(C)cc32)c1. The van der Waals surface area contributed by atoms with Crippen molar-refractivity contribution in [3.05, 3.63) is 59.2 Å². The van der Waals surface area contributed by atoms with Crippen molar-refractivity contribution in [1.29, 1.82) is 0 Å². The van der Waals surface area contributed by atoms with E-state index >= 15 is 0 Å². The van der Waals surface area contributed by atoms with Crippen LogP contribution in [0.5, 0.6) is 0 Å². The van der Waals surface area contributed by atoms with Crippen molar-refractivity contribution in [2.75, 3.05) is 10.6 Å². The monoisotopic (exact) mass is 280 g/mol. The predicted molar refractivity (Wildman–Crippen MR) is 86.6 cm³/mol. The van der Waals surface area contributed by atoms with Crippen LogP contribution in [0.3, 0.4) is 0 Å². The van der Waals surface area contributed by atoms with Gasteiger partial charge in [-0.05, 0) is 49.1 Å². The van der Waals surface area contributed by atoms with Gasteiger partial charge in [0.25, 0.3) is 0 Å². The summed E-state index contributed by atoms with van der Waals surface area (Å²) in [6.45, 7) is 3.66. The first-order valence-electron chi connectivity index (χ1n) is 7.35. The van der Waals surface area contributed by atoms with Crippen LogP contribution in [0.2, 0.25) is 0 Å². The highest BCUT2D eigenvalue weighted by atomic mass is 16.1. The lowest BCUT2D eigenvalue weighted by Gasteiger charge is -2.17. The minimum Gasteiger partial charge on any atom is -0.378 e. The number of rotatable bonds is 3. The Bertz CT molecular complexity index is 679. The van der Waals surface area contributed by atoms with E-state index in [2.05, 4.69) is 35.8 Å². The molecule has 0 heterocycles. The molecule has 0 saturated carbocycles. The van der Waals surface area contributed by atoms with Gasteiger partial charge in [0.15, 0.2) is 0 Å². The molecule has 0 aromatic heterocycles. The average molecular weight is 280 g/mol. The number of hydrogen-bond acceptors (Lipinski definition) is 2. The molecule has 3 nitrogen and oxygen atoms in total. The highest BCUT2D eigenvalue weighted by Crippen LogP contribution is 2.34. The molecular weight excluding hydrogens is 260 g/mol. The van der Waals surface area contributed by atoms with Crippen molar-refractivity contribution < 1.29 is 4.79 Å². The zero-order valence-corrected chi connectivity index (χ0v) is 12.4. The summed E-state index contributed by atoms with van der Waals surface area (Å²) in [6, 6.07) is 14.9. The van der Waals surface area contributed by atoms with Crippen molar-refractivity contribution in [2.45, 2.75) is 32.7 Å². The zero-order valence-electron chi connectivity index (χ0n) is 12.4. The molecule has 0 aliphatic heterocycles. The molecule has 0 bridgehead atoms. The number of amides is 1. The average Bonchev–Trinajstić information content (AvgIpc) is 2.81. The summed E-state index contributed by atoms with van der Waals surface area (Å²) in [5.74, 6) is -0.0472. The second kappa shape index (κ2) is 5.60. The molecule has 1 atom stereocenters. The Balaban J connectivity index is 1.79. The zero-order chi connectivity index (χ0) is 14.8. The summed E-state index contributed by atoms with van der Waals surface area (Å²) in [5.41, 5.74) is 6.01. The van der Waals surface area contributed by atoms with Crippen molar-refractivity contribution in [3.8, 4) is 0 Å². The highest BCUT2D eigenvalue weighted by molar-refractivity contribution is 5.89. The van der Waals surface area contributed by atoms with Crippen LogP contribution in [-0.2, 0) is 11.2 Å². The molecule has 0 fully saturated rings. The Morgan fingerprint density at radius 1 is 1.14 bits per heavy atom. The van der Waals surface area contributed by atoms with E-state index in [9.17, 15) is 4.79 Å². The Labute approximate surface area is 125 Å². The minimum absolute atomic E-state index is 0.0472. The van der Waals surface area contributed by atoms with E-state index in [-0.39, 0.29) is 5.91 Å². The molecule has 108 valence electrons. The van der Waals surface area contributed by atoms with Crippen molar-refractivity contribution in [1.82, 2.24) is 0 Å². The van der Waals surface area contributed by atoms with Gasteiger partial charge in [-0.2, -0.15) is 0 Å². The van der Waals surface area contributed by atoms with Gasteiger partial charge in [0.1, 0.15) is 0 Å². The molecule has 0 radical (unpaired) electrons. The third kappa shape index (κ3) is 3.07. The fourth-order valence-corrected chi connectivity index (χ4v) is 2.96. The van der Waals surface area contributed by atoms with Gasteiger partial charge in [0.05, 0.1) is 6.04 Å². The Kier molecular flexibility index (Phi) is 3.65. The molecule has 3 heteroatoms. The first-order chi connectivity index (χ1) is 10.1. The fourth-order valence-electron chi connectivity index (χ4n) is 2.96. The number of benzene rings is 2. The minimum atomic E-state index is -0.0472.